The summed E-state index contributed by atoms with van der Waals surface area (Å²) in [4.78, 5) is 0. The zero-order valence-electron chi connectivity index (χ0n) is 41.8. The number of rotatable bonds is 64. The van der Waals surface area contributed by atoms with Gasteiger partial charge in [-0.3, -0.25) is 54.5 Å². The average molecular weight is 1430 g/mol. The molecule has 0 aliphatic carbocycles. The molecule has 0 aromatic carbocycles. The zero-order valence-corrected chi connectivity index (χ0v) is 54.4. The van der Waals surface area contributed by atoms with E-state index in [0.29, 0.717) is 0 Å². The Morgan fingerprint density at radius 3 is 0.912 bits per heavy atom. The molecule has 8 N–H and O–H groups in total. The van der Waals surface area contributed by atoms with E-state index >= 15 is 0 Å². The van der Waals surface area contributed by atoms with Crippen LogP contribution in [0.5, 0.6) is 0 Å². The Kier molecular flexibility index (Phi) is 62.4. The Balaban J connectivity index is 5.93. The largest absolute Gasteiger partial charge is 0.553 e. The van der Waals surface area contributed by atoms with Gasteiger partial charge in [0.25, 0.3) is 48.4 Å². The van der Waals surface area contributed by atoms with Crippen molar-refractivity contribution in [1.29, 1.82) is 0 Å². The van der Waals surface area contributed by atoms with Crippen molar-refractivity contribution in [3.63, 3.8) is 0 Å². The highest BCUT2D eigenvalue weighted by Gasteiger charge is 2.28. The van der Waals surface area contributed by atoms with Gasteiger partial charge >= 0.3 is 16.2 Å². The SMILES string of the molecule is O=PP(OCO)OC(CCOCC(COCC(COP[P+](=O)OCO)OP(OCO)P=O)OP(OCO)P=O)COCCC(COCCC(COCC(COCOCO)OP(OCO)P=O)OP(OCO)P=O)OP(OCO)P=O. The Morgan fingerprint density at radius 1 is 0.338 bits per heavy atom. The van der Waals surface area contributed by atoms with Gasteiger partial charge in [0.2, 0.25) is 48.9 Å². The molecule has 80 heavy (non-hydrogen) atoms. The predicted octanol–water partition coefficient (Wildman–Crippen LogP) is 6.64. The van der Waals surface area contributed by atoms with Gasteiger partial charge in [0.1, 0.15) is 31.9 Å². The third kappa shape index (κ3) is 46.6. The fraction of sp³-hybridized carbons (Fsp3) is 1.00. The van der Waals surface area contributed by atoms with Crippen LogP contribution in [0.3, 0.4) is 0 Å². The van der Waals surface area contributed by atoms with Crippen molar-refractivity contribution < 1.29 is 169 Å². The van der Waals surface area contributed by atoms with Crippen molar-refractivity contribution >= 4 is 113 Å². The molecule has 0 saturated heterocycles. The average Bonchev–Trinajstić information content (AvgIpc) is 3.45. The summed E-state index contributed by atoms with van der Waals surface area (Å²) in [7, 11) is -19.7. The van der Waals surface area contributed by atoms with Crippen LogP contribution in [0.2, 0.25) is 0 Å². The first-order chi connectivity index (χ1) is 39.0. The van der Waals surface area contributed by atoms with Crippen molar-refractivity contribution in [1.82, 2.24) is 0 Å². The minimum Gasteiger partial charge on any atom is -0.379 e. The van der Waals surface area contributed by atoms with Crippen LogP contribution in [0.1, 0.15) is 19.3 Å². The molecule has 0 aliphatic rings. The second-order valence-corrected chi connectivity index (χ2v) is 31.6. The maximum absolute atomic E-state index is 11.8. The maximum atomic E-state index is 11.8. The summed E-state index contributed by atoms with van der Waals surface area (Å²) in [5.41, 5.74) is 0. The summed E-state index contributed by atoms with van der Waals surface area (Å²) in [5, 5.41) is 73.0. The third-order valence-electron chi connectivity index (χ3n) is 7.87. The number of aliphatic hydroxyl groups is 8. The summed E-state index contributed by atoms with van der Waals surface area (Å²) in [6.45, 7) is -9.27. The van der Waals surface area contributed by atoms with E-state index in [4.69, 9.17) is 112 Å². The molecule has 0 spiro atoms. The highest BCUT2D eigenvalue weighted by Crippen LogP contribution is 2.56. The van der Waals surface area contributed by atoms with Crippen LogP contribution in [0, 0.1) is 0 Å². The van der Waals surface area contributed by atoms with Gasteiger partial charge in [0.15, 0.2) is 47.6 Å². The fourth-order valence-electron chi connectivity index (χ4n) is 4.82. The van der Waals surface area contributed by atoms with E-state index in [0.717, 1.165) is 0 Å². The lowest BCUT2D eigenvalue weighted by molar-refractivity contribution is -0.126. The zero-order chi connectivity index (χ0) is 59.3. The van der Waals surface area contributed by atoms with Gasteiger partial charge in [-0.05, 0) is 23.8 Å². The van der Waals surface area contributed by atoms with Crippen LogP contribution in [0.15, 0.2) is 0 Å². The van der Waals surface area contributed by atoms with E-state index in [2.05, 4.69) is 4.52 Å². The minimum absolute atomic E-state index is 0.0237. The fourth-order valence-corrected chi connectivity index (χ4v) is 14.9. The summed E-state index contributed by atoms with van der Waals surface area (Å²) < 4.78 is 195. The first kappa shape index (κ1) is 82.6. The predicted molar refractivity (Wildman–Crippen MR) is 282 cm³/mol. The molecule has 36 nitrogen and oxygen atoms in total. The van der Waals surface area contributed by atoms with Crippen LogP contribution in [0.4, 0.5) is 0 Å². The molecule has 0 fully saturated rings. The molecule has 0 aromatic rings. The second kappa shape index (κ2) is 60.5. The molecule has 14 atom stereocenters. The lowest BCUT2D eigenvalue weighted by Gasteiger charge is -2.24. The quantitative estimate of drug-likeness (QED) is 0.0180. The van der Waals surface area contributed by atoms with E-state index in [1.165, 1.54) is 0 Å². The van der Waals surface area contributed by atoms with Gasteiger partial charge in [-0.2, -0.15) is 0 Å². The van der Waals surface area contributed by atoms with Crippen LogP contribution in [0.25, 0.3) is 0 Å². The van der Waals surface area contributed by atoms with Crippen molar-refractivity contribution in [2.75, 3.05) is 140 Å². The molecular formula is C30H63O36P14+. The first-order valence-electron chi connectivity index (χ1n) is 22.0. The van der Waals surface area contributed by atoms with Gasteiger partial charge < -0.3 is 106 Å². The van der Waals surface area contributed by atoms with Crippen LogP contribution in [-0.2, 0) is 128 Å². The van der Waals surface area contributed by atoms with Crippen LogP contribution < -0.4 is 0 Å². The van der Waals surface area contributed by atoms with E-state index in [-0.39, 0.29) is 105 Å². The molecular weight excluding hydrogens is 1370 g/mol. The second-order valence-electron chi connectivity index (χ2n) is 13.2. The molecule has 50 heteroatoms. The van der Waals surface area contributed by atoms with Gasteiger partial charge in [-0.25, -0.2) is 0 Å². The Bertz CT molecular complexity index is 1530. The Morgan fingerprint density at radius 2 is 0.613 bits per heavy atom. The first-order valence-corrected chi connectivity index (χ1v) is 41.1. The van der Waals surface area contributed by atoms with Crippen LogP contribution >= 0.6 is 113 Å². The summed E-state index contributed by atoms with van der Waals surface area (Å²) in [6, 6.07) is 0. The molecule has 0 rings (SSSR count). The molecule has 0 amide bonds. The highest BCUT2D eigenvalue weighted by molar-refractivity contribution is 8.12. The summed E-state index contributed by atoms with van der Waals surface area (Å²) >= 11 is 0. The Labute approximate surface area is 477 Å². The lowest BCUT2D eigenvalue weighted by atomic mass is 10.2. The molecule has 0 saturated carbocycles. The van der Waals surface area contributed by atoms with E-state index < -0.39 is 204 Å². The number of hydrogen-bond acceptors (Lipinski definition) is 36. The minimum atomic E-state index is -2.37. The van der Waals surface area contributed by atoms with Gasteiger partial charge in [-0.15, -0.1) is 4.52 Å². The third-order valence-corrected chi connectivity index (χ3v) is 21.7. The number of ether oxygens (including phenoxy) is 7. The maximum Gasteiger partial charge on any atom is 0.553 e. The van der Waals surface area contributed by atoms with Crippen molar-refractivity contribution in [2.45, 2.75) is 55.9 Å². The normalized spacial score (nSPS) is 17.3. The summed E-state index contributed by atoms with van der Waals surface area (Å²) in [5.74, 6) is 0. The highest BCUT2D eigenvalue weighted by atomic mass is 32.1. The van der Waals surface area contributed by atoms with E-state index in [9.17, 15) is 52.4 Å². The van der Waals surface area contributed by atoms with E-state index in [1.54, 1.807) is 0 Å². The van der Waals surface area contributed by atoms with Crippen LogP contribution in [-0.4, -0.2) is 218 Å². The van der Waals surface area contributed by atoms with Gasteiger partial charge in [0, 0.05) is 19.8 Å². The lowest BCUT2D eigenvalue weighted by Crippen LogP contribution is -2.29. The number of hydrogen-bond donors (Lipinski definition) is 8. The molecule has 0 heterocycles. The standard InChI is InChI=1S/C30H63O36P14/c31-16-52-24-51-14-29(65-79(71-43)59-22-37)12-49-9-27(63-77(69-41)57-20-35)3-5-47-7-25(61-75(67-39)55-18-33)1-4-46-8-26(62-76(68-40)56-19-34)2-6-48-10-28(64-78(70-42)58-21-36)11-50-13-30(66-80(72-44)60-23-38)15-53-73-74(45)54-17-32/h25-38,73H,1-24H2/q+1. The monoisotopic (exact) mass is 1430 g/mol. The molecule has 0 aliphatic heterocycles. The van der Waals surface area contributed by atoms with Gasteiger partial charge in [0.05, 0.1) is 77.8 Å². The molecule has 14 unspecified atom stereocenters. The van der Waals surface area contributed by atoms with Gasteiger partial charge in [-0.1, -0.05) is 0 Å². The van der Waals surface area contributed by atoms with Crippen molar-refractivity contribution in [2.24, 2.45) is 0 Å². The summed E-state index contributed by atoms with van der Waals surface area (Å²) in [6.07, 6.45) is -5.63. The van der Waals surface area contributed by atoms with Crippen molar-refractivity contribution in [3.8, 4) is 0 Å². The number of aliphatic hydroxyl groups excluding tert-OH is 8. The van der Waals surface area contributed by atoms with Crippen molar-refractivity contribution in [3.05, 3.63) is 0 Å². The Hall–Kier alpha value is 2.55. The molecule has 0 radical (unpaired) electrons. The molecule has 468 valence electrons. The smallest absolute Gasteiger partial charge is 0.379 e. The molecule has 0 bridgehead atoms. The molecule has 0 aromatic heterocycles. The van der Waals surface area contributed by atoms with E-state index in [1.807, 2.05) is 0 Å². The topological polar surface area (TPSA) is 475 Å².